The lowest BCUT2D eigenvalue weighted by atomic mass is 10.0. The van der Waals surface area contributed by atoms with Crippen molar-refractivity contribution in [2.45, 2.75) is 46.0 Å². The fourth-order valence-corrected chi connectivity index (χ4v) is 2.12. The number of carboxylic acid groups (broad SMARTS) is 1. The van der Waals surface area contributed by atoms with Crippen LogP contribution in [0.2, 0.25) is 5.02 Å². The van der Waals surface area contributed by atoms with E-state index in [1.165, 1.54) is 25.7 Å². The van der Waals surface area contributed by atoms with Gasteiger partial charge in [0.25, 0.3) is 0 Å². The quantitative estimate of drug-likeness (QED) is 0.661. The van der Waals surface area contributed by atoms with Crippen LogP contribution < -0.4 is 5.32 Å². The van der Waals surface area contributed by atoms with Crippen LogP contribution in [-0.2, 0) is 0 Å². The molecule has 112 valence electrons. The van der Waals surface area contributed by atoms with Gasteiger partial charge in [-0.1, -0.05) is 51.1 Å². The maximum atomic E-state index is 10.9. The number of anilines is 1. The molecular formula is C15H23ClN2O2. The number of aromatic carboxylic acids is 1. The van der Waals surface area contributed by atoms with E-state index in [4.69, 9.17) is 16.7 Å². The van der Waals surface area contributed by atoms with E-state index in [1.807, 2.05) is 0 Å². The molecule has 4 nitrogen and oxygen atoms in total. The van der Waals surface area contributed by atoms with Crippen molar-refractivity contribution in [1.29, 1.82) is 0 Å². The van der Waals surface area contributed by atoms with Gasteiger partial charge >= 0.3 is 5.97 Å². The summed E-state index contributed by atoms with van der Waals surface area (Å²) in [5.74, 6) is 0.238. The van der Waals surface area contributed by atoms with E-state index in [9.17, 15) is 4.79 Å². The van der Waals surface area contributed by atoms with E-state index in [-0.39, 0.29) is 10.7 Å². The smallest absolute Gasteiger partial charge is 0.356 e. The zero-order valence-corrected chi connectivity index (χ0v) is 12.9. The molecule has 0 unspecified atom stereocenters. The van der Waals surface area contributed by atoms with Crippen molar-refractivity contribution in [2.75, 3.05) is 11.9 Å². The van der Waals surface area contributed by atoms with Crippen LogP contribution >= 0.6 is 11.6 Å². The first-order chi connectivity index (χ1) is 9.50. The number of rotatable bonds is 9. The summed E-state index contributed by atoms with van der Waals surface area (Å²) in [4.78, 5) is 14.9. The molecule has 0 amide bonds. The molecule has 0 saturated heterocycles. The van der Waals surface area contributed by atoms with Crippen molar-refractivity contribution in [3.63, 3.8) is 0 Å². The van der Waals surface area contributed by atoms with Crippen LogP contribution in [-0.4, -0.2) is 22.6 Å². The first kappa shape index (κ1) is 16.8. The first-order valence-electron chi connectivity index (χ1n) is 7.14. The molecule has 0 spiro atoms. The Kier molecular flexibility index (Phi) is 7.37. The highest BCUT2D eigenvalue weighted by Crippen LogP contribution is 2.17. The van der Waals surface area contributed by atoms with Gasteiger partial charge in [0.05, 0.1) is 5.02 Å². The minimum atomic E-state index is -1.10. The topological polar surface area (TPSA) is 62.2 Å². The summed E-state index contributed by atoms with van der Waals surface area (Å²) in [5, 5.41) is 12.2. The van der Waals surface area contributed by atoms with Crippen LogP contribution in [0.25, 0.3) is 0 Å². The Labute approximate surface area is 125 Å². The Morgan fingerprint density at radius 3 is 2.65 bits per heavy atom. The summed E-state index contributed by atoms with van der Waals surface area (Å²) in [5.41, 5.74) is -0.103. The van der Waals surface area contributed by atoms with Crippen molar-refractivity contribution < 1.29 is 9.90 Å². The highest BCUT2D eigenvalue weighted by molar-refractivity contribution is 6.33. The molecule has 0 radical (unpaired) electrons. The lowest BCUT2D eigenvalue weighted by Gasteiger charge is -2.07. The summed E-state index contributed by atoms with van der Waals surface area (Å²) in [7, 11) is 0. The molecule has 0 fully saturated rings. The van der Waals surface area contributed by atoms with Crippen molar-refractivity contribution in [1.82, 2.24) is 4.98 Å². The number of pyridine rings is 1. The second-order valence-electron chi connectivity index (χ2n) is 5.36. The fourth-order valence-electron chi connectivity index (χ4n) is 1.94. The largest absolute Gasteiger partial charge is 0.476 e. The van der Waals surface area contributed by atoms with E-state index in [0.29, 0.717) is 5.82 Å². The molecule has 1 rings (SSSR count). The number of unbranched alkanes of at least 4 members (excludes halogenated alkanes) is 3. The van der Waals surface area contributed by atoms with Crippen molar-refractivity contribution >= 4 is 23.4 Å². The van der Waals surface area contributed by atoms with Gasteiger partial charge in [-0.2, -0.15) is 0 Å². The summed E-state index contributed by atoms with van der Waals surface area (Å²) in [6.07, 6.45) is 6.05. The Hall–Kier alpha value is -1.29. The number of hydrogen-bond acceptors (Lipinski definition) is 3. The lowest BCUT2D eigenvalue weighted by Crippen LogP contribution is -2.07. The minimum Gasteiger partial charge on any atom is -0.476 e. The average Bonchev–Trinajstić information content (AvgIpc) is 2.38. The second kappa shape index (κ2) is 8.80. The van der Waals surface area contributed by atoms with Crippen LogP contribution in [0.5, 0.6) is 0 Å². The van der Waals surface area contributed by atoms with E-state index in [2.05, 4.69) is 24.1 Å². The molecule has 2 N–H and O–H groups in total. The van der Waals surface area contributed by atoms with Crippen molar-refractivity contribution in [3.05, 3.63) is 22.8 Å². The maximum Gasteiger partial charge on any atom is 0.356 e. The van der Waals surface area contributed by atoms with Crippen LogP contribution in [0.1, 0.15) is 56.4 Å². The predicted molar refractivity (Wildman–Crippen MR) is 82.6 cm³/mol. The molecule has 0 aliphatic rings. The monoisotopic (exact) mass is 298 g/mol. The van der Waals surface area contributed by atoms with Gasteiger partial charge in [-0.05, 0) is 24.5 Å². The number of nitrogens with zero attached hydrogens (tertiary/aromatic N) is 1. The van der Waals surface area contributed by atoms with Crippen molar-refractivity contribution in [2.24, 2.45) is 5.92 Å². The van der Waals surface area contributed by atoms with Gasteiger partial charge in [-0.25, -0.2) is 9.78 Å². The third-order valence-electron chi connectivity index (χ3n) is 3.06. The van der Waals surface area contributed by atoms with Gasteiger partial charge in [0, 0.05) is 6.54 Å². The van der Waals surface area contributed by atoms with Crippen LogP contribution in [0.4, 0.5) is 5.82 Å². The van der Waals surface area contributed by atoms with E-state index in [0.717, 1.165) is 18.9 Å². The van der Waals surface area contributed by atoms with Crippen molar-refractivity contribution in [3.8, 4) is 0 Å². The van der Waals surface area contributed by atoms with Gasteiger partial charge in [0.1, 0.15) is 5.82 Å². The number of carboxylic acids is 1. The van der Waals surface area contributed by atoms with Gasteiger partial charge < -0.3 is 10.4 Å². The zero-order chi connectivity index (χ0) is 15.0. The highest BCUT2D eigenvalue weighted by Gasteiger charge is 2.10. The Balaban J connectivity index is 2.25. The molecular weight excluding hydrogens is 276 g/mol. The van der Waals surface area contributed by atoms with Crippen LogP contribution in [0.15, 0.2) is 12.1 Å². The molecule has 0 aliphatic carbocycles. The normalized spacial score (nSPS) is 10.8. The van der Waals surface area contributed by atoms with Gasteiger partial charge in [-0.3, -0.25) is 0 Å². The molecule has 20 heavy (non-hydrogen) atoms. The number of halogens is 1. The third kappa shape index (κ3) is 6.24. The summed E-state index contributed by atoms with van der Waals surface area (Å²) in [6, 6.07) is 3.26. The maximum absolute atomic E-state index is 10.9. The Bertz CT molecular complexity index is 436. The van der Waals surface area contributed by atoms with E-state index < -0.39 is 5.97 Å². The summed E-state index contributed by atoms with van der Waals surface area (Å²) in [6.45, 7) is 5.29. The molecule has 0 saturated carbocycles. The Morgan fingerprint density at radius 2 is 2.00 bits per heavy atom. The van der Waals surface area contributed by atoms with Gasteiger partial charge in [0.2, 0.25) is 0 Å². The van der Waals surface area contributed by atoms with E-state index in [1.54, 1.807) is 12.1 Å². The van der Waals surface area contributed by atoms with Gasteiger partial charge in [0.15, 0.2) is 5.69 Å². The van der Waals surface area contributed by atoms with Crippen LogP contribution in [0.3, 0.4) is 0 Å². The Morgan fingerprint density at radius 1 is 1.30 bits per heavy atom. The molecule has 0 aliphatic heterocycles. The highest BCUT2D eigenvalue weighted by atomic mass is 35.5. The average molecular weight is 299 g/mol. The minimum absolute atomic E-state index is 0.103. The summed E-state index contributed by atoms with van der Waals surface area (Å²) >= 11 is 5.76. The molecule has 0 atom stereocenters. The number of aromatic nitrogens is 1. The number of hydrogen-bond donors (Lipinski definition) is 2. The molecule has 1 heterocycles. The molecule has 5 heteroatoms. The SMILES string of the molecule is CC(C)CCCCCCNc1ccc(Cl)c(C(=O)O)n1. The van der Waals surface area contributed by atoms with Crippen LogP contribution in [0, 0.1) is 5.92 Å². The van der Waals surface area contributed by atoms with E-state index >= 15 is 0 Å². The number of nitrogens with one attached hydrogen (secondary N) is 1. The standard InChI is InChI=1S/C15H23ClN2O2/c1-11(2)7-5-3-4-6-10-17-13-9-8-12(16)14(18-13)15(19)20/h8-9,11H,3-7,10H2,1-2H3,(H,17,18)(H,19,20). The molecule has 0 aromatic carbocycles. The van der Waals surface area contributed by atoms with Gasteiger partial charge in [-0.15, -0.1) is 0 Å². The summed E-state index contributed by atoms with van der Waals surface area (Å²) < 4.78 is 0. The molecule has 1 aromatic heterocycles. The number of carbonyl (C=O) groups is 1. The third-order valence-corrected chi connectivity index (χ3v) is 3.37. The second-order valence-corrected chi connectivity index (χ2v) is 5.76. The lowest BCUT2D eigenvalue weighted by molar-refractivity contribution is 0.0691. The first-order valence-corrected chi connectivity index (χ1v) is 7.52. The molecule has 0 bridgehead atoms. The zero-order valence-electron chi connectivity index (χ0n) is 12.2. The fraction of sp³-hybridized carbons (Fsp3) is 0.600. The predicted octanol–water partition coefficient (Wildman–Crippen LogP) is 4.45. The molecule has 1 aromatic rings.